The molecule has 0 atom stereocenters. The van der Waals surface area contributed by atoms with E-state index in [0.29, 0.717) is 12.0 Å². The Bertz CT molecular complexity index is 136. The topological polar surface area (TPSA) is 33.1 Å². The molecule has 1 aliphatic carbocycles. The Morgan fingerprint density at radius 2 is 1.82 bits per heavy atom. The molecular formula is C9H17NO. The van der Waals surface area contributed by atoms with Crippen LogP contribution in [0.1, 0.15) is 39.5 Å². The normalized spacial score (nSPS) is 31.5. The van der Waals surface area contributed by atoms with Crippen molar-refractivity contribution in [1.82, 2.24) is 0 Å². The molecule has 0 aromatic heterocycles. The standard InChI is InChI=1S/C9H17NO/c1-7-3-5-9(6-4-7)11-8(2)10/h7,9-10H,3-6H2,1-2H3. The Hall–Kier alpha value is -0.530. The molecule has 0 amide bonds. The molecule has 0 aliphatic heterocycles. The first-order valence-corrected chi connectivity index (χ1v) is 4.40. The monoisotopic (exact) mass is 155 g/mol. The maximum Gasteiger partial charge on any atom is 0.177 e. The van der Waals surface area contributed by atoms with E-state index in [1.54, 1.807) is 6.92 Å². The van der Waals surface area contributed by atoms with Crippen molar-refractivity contribution >= 4 is 5.90 Å². The Morgan fingerprint density at radius 3 is 2.27 bits per heavy atom. The van der Waals surface area contributed by atoms with Gasteiger partial charge in [-0.2, -0.15) is 0 Å². The second-order valence-electron chi connectivity index (χ2n) is 3.56. The van der Waals surface area contributed by atoms with Crippen molar-refractivity contribution in [3.05, 3.63) is 0 Å². The fourth-order valence-corrected chi connectivity index (χ4v) is 1.60. The molecule has 0 heterocycles. The van der Waals surface area contributed by atoms with E-state index in [4.69, 9.17) is 10.1 Å². The predicted octanol–water partition coefficient (Wildman–Crippen LogP) is 2.58. The first-order valence-electron chi connectivity index (χ1n) is 4.40. The van der Waals surface area contributed by atoms with Crippen LogP contribution < -0.4 is 0 Å². The van der Waals surface area contributed by atoms with Gasteiger partial charge in [0.15, 0.2) is 5.90 Å². The highest BCUT2D eigenvalue weighted by Crippen LogP contribution is 2.25. The van der Waals surface area contributed by atoms with Crippen LogP contribution >= 0.6 is 0 Å². The number of nitrogens with one attached hydrogen (secondary N) is 1. The van der Waals surface area contributed by atoms with E-state index in [1.807, 2.05) is 0 Å². The highest BCUT2D eigenvalue weighted by molar-refractivity contribution is 5.69. The Balaban J connectivity index is 2.22. The summed E-state index contributed by atoms with van der Waals surface area (Å²) in [6.45, 7) is 3.99. The summed E-state index contributed by atoms with van der Waals surface area (Å²) in [5, 5.41) is 7.16. The van der Waals surface area contributed by atoms with Crippen molar-refractivity contribution in [3.63, 3.8) is 0 Å². The molecule has 2 heteroatoms. The van der Waals surface area contributed by atoms with Crippen LogP contribution in [-0.4, -0.2) is 12.0 Å². The van der Waals surface area contributed by atoms with Crippen LogP contribution in [0.3, 0.4) is 0 Å². The van der Waals surface area contributed by atoms with E-state index in [-0.39, 0.29) is 0 Å². The summed E-state index contributed by atoms with van der Waals surface area (Å²) >= 11 is 0. The lowest BCUT2D eigenvalue weighted by atomic mass is 9.89. The zero-order valence-corrected chi connectivity index (χ0v) is 7.39. The predicted molar refractivity (Wildman–Crippen MR) is 45.9 cm³/mol. The van der Waals surface area contributed by atoms with Gasteiger partial charge in [0.25, 0.3) is 0 Å². The highest BCUT2D eigenvalue weighted by atomic mass is 16.5. The molecule has 1 fully saturated rings. The third-order valence-corrected chi connectivity index (χ3v) is 2.31. The lowest BCUT2D eigenvalue weighted by molar-refractivity contribution is 0.122. The highest BCUT2D eigenvalue weighted by Gasteiger charge is 2.18. The number of hydrogen-bond acceptors (Lipinski definition) is 2. The Kier molecular flexibility index (Phi) is 2.92. The van der Waals surface area contributed by atoms with E-state index >= 15 is 0 Å². The van der Waals surface area contributed by atoms with Gasteiger partial charge in [0, 0.05) is 6.92 Å². The van der Waals surface area contributed by atoms with Crippen LogP contribution in [0.15, 0.2) is 0 Å². The smallest absolute Gasteiger partial charge is 0.177 e. The summed E-state index contributed by atoms with van der Waals surface area (Å²) in [5.74, 6) is 1.23. The van der Waals surface area contributed by atoms with E-state index < -0.39 is 0 Å². The number of rotatable bonds is 1. The maximum absolute atomic E-state index is 7.16. The van der Waals surface area contributed by atoms with Crippen LogP contribution in [0.2, 0.25) is 0 Å². The van der Waals surface area contributed by atoms with Crippen molar-refractivity contribution in [2.75, 3.05) is 0 Å². The molecule has 0 aromatic rings. The number of hydrogen-bond donors (Lipinski definition) is 1. The van der Waals surface area contributed by atoms with Crippen LogP contribution in [0, 0.1) is 11.3 Å². The van der Waals surface area contributed by atoms with Crippen LogP contribution in [0.4, 0.5) is 0 Å². The van der Waals surface area contributed by atoms with Gasteiger partial charge in [-0.25, -0.2) is 0 Å². The third kappa shape index (κ3) is 2.91. The van der Waals surface area contributed by atoms with Gasteiger partial charge in [0.1, 0.15) is 6.10 Å². The number of ether oxygens (including phenoxy) is 1. The van der Waals surface area contributed by atoms with Gasteiger partial charge >= 0.3 is 0 Å². The Morgan fingerprint density at radius 1 is 1.27 bits per heavy atom. The molecule has 11 heavy (non-hydrogen) atoms. The zero-order valence-electron chi connectivity index (χ0n) is 7.39. The molecule has 1 rings (SSSR count). The van der Waals surface area contributed by atoms with Gasteiger partial charge in [-0.3, -0.25) is 5.41 Å². The maximum atomic E-state index is 7.16. The first-order chi connectivity index (χ1) is 5.18. The molecule has 0 radical (unpaired) electrons. The van der Waals surface area contributed by atoms with Crippen LogP contribution in [0.5, 0.6) is 0 Å². The van der Waals surface area contributed by atoms with Gasteiger partial charge in [0.05, 0.1) is 0 Å². The third-order valence-electron chi connectivity index (χ3n) is 2.31. The van der Waals surface area contributed by atoms with Gasteiger partial charge in [-0.05, 0) is 31.6 Å². The van der Waals surface area contributed by atoms with E-state index in [9.17, 15) is 0 Å². The molecule has 0 saturated heterocycles. The van der Waals surface area contributed by atoms with Gasteiger partial charge < -0.3 is 4.74 Å². The van der Waals surface area contributed by atoms with E-state index in [2.05, 4.69) is 6.92 Å². The Labute approximate surface area is 68.5 Å². The fourth-order valence-electron chi connectivity index (χ4n) is 1.60. The minimum atomic E-state index is 0.337. The molecule has 0 aromatic carbocycles. The zero-order chi connectivity index (χ0) is 8.27. The SMILES string of the molecule is CC(=N)OC1CCC(C)CC1. The molecule has 64 valence electrons. The summed E-state index contributed by atoms with van der Waals surface area (Å²) in [6.07, 6.45) is 5.13. The van der Waals surface area contributed by atoms with Crippen molar-refractivity contribution < 1.29 is 4.74 Å². The largest absolute Gasteiger partial charge is 0.478 e. The molecule has 2 nitrogen and oxygen atoms in total. The minimum Gasteiger partial charge on any atom is -0.478 e. The van der Waals surface area contributed by atoms with E-state index in [1.165, 1.54) is 12.8 Å². The minimum absolute atomic E-state index is 0.337. The van der Waals surface area contributed by atoms with Crippen LogP contribution in [0.25, 0.3) is 0 Å². The molecule has 0 unspecified atom stereocenters. The van der Waals surface area contributed by atoms with E-state index in [0.717, 1.165) is 18.8 Å². The van der Waals surface area contributed by atoms with Crippen molar-refractivity contribution in [1.29, 1.82) is 5.41 Å². The first kappa shape index (κ1) is 8.57. The van der Waals surface area contributed by atoms with Gasteiger partial charge in [-0.1, -0.05) is 6.92 Å². The van der Waals surface area contributed by atoms with Crippen molar-refractivity contribution in [3.8, 4) is 0 Å². The summed E-state index contributed by atoms with van der Waals surface area (Å²) in [5.41, 5.74) is 0. The molecule has 1 N–H and O–H groups in total. The van der Waals surface area contributed by atoms with Gasteiger partial charge in [0.2, 0.25) is 0 Å². The molecule has 1 saturated carbocycles. The second kappa shape index (κ2) is 3.74. The molecule has 0 bridgehead atoms. The fraction of sp³-hybridized carbons (Fsp3) is 0.889. The van der Waals surface area contributed by atoms with Crippen molar-refractivity contribution in [2.24, 2.45) is 5.92 Å². The summed E-state index contributed by atoms with van der Waals surface area (Å²) in [7, 11) is 0. The second-order valence-corrected chi connectivity index (χ2v) is 3.56. The molecular weight excluding hydrogens is 138 g/mol. The van der Waals surface area contributed by atoms with Crippen molar-refractivity contribution in [2.45, 2.75) is 45.6 Å². The lowest BCUT2D eigenvalue weighted by Crippen LogP contribution is -2.21. The van der Waals surface area contributed by atoms with Gasteiger partial charge in [-0.15, -0.1) is 0 Å². The quantitative estimate of drug-likeness (QED) is 0.458. The summed E-state index contributed by atoms with van der Waals surface area (Å²) < 4.78 is 5.32. The molecule has 1 aliphatic rings. The average Bonchev–Trinajstić information content (AvgIpc) is 1.93. The van der Waals surface area contributed by atoms with Crippen LogP contribution in [-0.2, 0) is 4.74 Å². The molecule has 0 spiro atoms. The average molecular weight is 155 g/mol. The summed E-state index contributed by atoms with van der Waals surface area (Å²) in [6, 6.07) is 0. The summed E-state index contributed by atoms with van der Waals surface area (Å²) in [4.78, 5) is 0. The lowest BCUT2D eigenvalue weighted by Gasteiger charge is -2.26.